The summed E-state index contributed by atoms with van der Waals surface area (Å²) in [7, 11) is -1.12. The molecule has 1 aromatic rings. The van der Waals surface area contributed by atoms with Crippen molar-refractivity contribution in [2.45, 2.75) is 46.7 Å². The van der Waals surface area contributed by atoms with Gasteiger partial charge in [-0.15, -0.1) is 0 Å². The molecule has 1 heterocycles. The summed E-state index contributed by atoms with van der Waals surface area (Å²) in [5, 5.41) is 0. The first-order valence-corrected chi connectivity index (χ1v) is 9.92. The SMILES string of the molecule is C[SiH](C)OC(COCn1ccc(=O)[nH]c1=S)C(C)(C)C. The van der Waals surface area contributed by atoms with Crippen molar-refractivity contribution < 1.29 is 9.16 Å². The predicted molar refractivity (Wildman–Crippen MR) is 85.0 cm³/mol. The third-order valence-corrected chi connectivity index (χ3v) is 4.01. The van der Waals surface area contributed by atoms with Crippen LogP contribution < -0.4 is 5.56 Å². The zero-order chi connectivity index (χ0) is 15.3. The van der Waals surface area contributed by atoms with Gasteiger partial charge in [-0.2, -0.15) is 0 Å². The Morgan fingerprint density at radius 3 is 2.60 bits per heavy atom. The first-order chi connectivity index (χ1) is 9.20. The summed E-state index contributed by atoms with van der Waals surface area (Å²) in [5.74, 6) is 0. The maximum absolute atomic E-state index is 11.1. The first kappa shape index (κ1) is 17.3. The Kier molecular flexibility index (Phi) is 6.31. The Balaban J connectivity index is 2.60. The van der Waals surface area contributed by atoms with E-state index in [0.29, 0.717) is 18.1 Å². The quantitative estimate of drug-likeness (QED) is 0.646. The molecular weight excluding hydrogens is 292 g/mol. The van der Waals surface area contributed by atoms with Crippen LogP contribution >= 0.6 is 12.2 Å². The third kappa shape index (κ3) is 5.70. The molecule has 0 aliphatic carbocycles. The van der Waals surface area contributed by atoms with Gasteiger partial charge >= 0.3 is 0 Å². The second kappa shape index (κ2) is 7.30. The van der Waals surface area contributed by atoms with Crippen LogP contribution in [0.5, 0.6) is 0 Å². The molecule has 0 saturated heterocycles. The molecule has 114 valence electrons. The van der Waals surface area contributed by atoms with E-state index in [4.69, 9.17) is 21.4 Å². The summed E-state index contributed by atoms with van der Waals surface area (Å²) in [6, 6.07) is 1.43. The molecule has 1 N–H and O–H groups in total. The second-order valence-corrected chi connectivity index (χ2v) is 8.88. The van der Waals surface area contributed by atoms with Crippen LogP contribution in [0.2, 0.25) is 13.1 Å². The predicted octanol–water partition coefficient (Wildman–Crippen LogP) is 2.29. The number of nitrogens with one attached hydrogen (secondary N) is 1. The first-order valence-electron chi connectivity index (χ1n) is 6.73. The van der Waals surface area contributed by atoms with Crippen LogP contribution in [0, 0.1) is 10.2 Å². The van der Waals surface area contributed by atoms with E-state index in [0.717, 1.165) is 0 Å². The number of nitrogens with zero attached hydrogens (tertiary/aromatic N) is 1. The van der Waals surface area contributed by atoms with Gasteiger partial charge in [-0.3, -0.25) is 9.78 Å². The summed E-state index contributed by atoms with van der Waals surface area (Å²) < 4.78 is 13.8. The van der Waals surface area contributed by atoms with Crippen molar-refractivity contribution in [1.82, 2.24) is 9.55 Å². The van der Waals surface area contributed by atoms with Crippen LogP contribution in [-0.4, -0.2) is 31.3 Å². The molecule has 0 aliphatic heterocycles. The highest BCUT2D eigenvalue weighted by molar-refractivity contribution is 7.71. The molecule has 0 radical (unpaired) electrons. The van der Waals surface area contributed by atoms with Gasteiger partial charge in [0, 0.05) is 12.3 Å². The molecule has 0 bridgehead atoms. The van der Waals surface area contributed by atoms with E-state index in [-0.39, 0.29) is 17.1 Å². The Labute approximate surface area is 126 Å². The van der Waals surface area contributed by atoms with Gasteiger partial charge in [0.1, 0.15) is 6.73 Å². The maximum Gasteiger partial charge on any atom is 0.251 e. The molecule has 0 saturated carbocycles. The van der Waals surface area contributed by atoms with Crippen molar-refractivity contribution in [3.63, 3.8) is 0 Å². The minimum atomic E-state index is -1.12. The van der Waals surface area contributed by atoms with E-state index >= 15 is 0 Å². The van der Waals surface area contributed by atoms with Gasteiger partial charge in [0.2, 0.25) is 0 Å². The van der Waals surface area contributed by atoms with Gasteiger partial charge in [-0.05, 0) is 30.7 Å². The smallest absolute Gasteiger partial charge is 0.251 e. The van der Waals surface area contributed by atoms with Crippen LogP contribution in [0.3, 0.4) is 0 Å². The van der Waals surface area contributed by atoms with Gasteiger partial charge in [-0.25, -0.2) is 0 Å². The fraction of sp³-hybridized carbons (Fsp3) is 0.692. The lowest BCUT2D eigenvalue weighted by atomic mass is 9.90. The zero-order valence-electron chi connectivity index (χ0n) is 12.8. The third-order valence-electron chi connectivity index (χ3n) is 2.80. The molecule has 1 unspecified atom stereocenters. The monoisotopic (exact) mass is 316 g/mol. The van der Waals surface area contributed by atoms with Gasteiger partial charge in [0.25, 0.3) is 5.56 Å². The highest BCUT2D eigenvalue weighted by Crippen LogP contribution is 2.23. The van der Waals surface area contributed by atoms with Gasteiger partial charge in [-0.1, -0.05) is 20.8 Å². The fourth-order valence-corrected chi connectivity index (χ4v) is 2.98. The molecule has 7 heteroatoms. The molecule has 0 amide bonds. The molecule has 20 heavy (non-hydrogen) atoms. The number of ether oxygens (including phenoxy) is 1. The van der Waals surface area contributed by atoms with Gasteiger partial charge in [0.15, 0.2) is 13.8 Å². The number of aromatic amines is 1. The molecule has 0 aromatic carbocycles. The van der Waals surface area contributed by atoms with E-state index < -0.39 is 9.04 Å². The Morgan fingerprint density at radius 2 is 2.10 bits per heavy atom. The average Bonchev–Trinajstić information content (AvgIpc) is 2.28. The maximum atomic E-state index is 11.1. The number of hydrogen-bond donors (Lipinski definition) is 1. The average molecular weight is 316 g/mol. The van der Waals surface area contributed by atoms with Crippen LogP contribution in [0.1, 0.15) is 20.8 Å². The van der Waals surface area contributed by atoms with Crippen molar-refractivity contribution in [2.24, 2.45) is 5.41 Å². The van der Waals surface area contributed by atoms with Crippen molar-refractivity contribution in [2.75, 3.05) is 6.61 Å². The molecule has 0 fully saturated rings. The molecular formula is C13H24N2O3SSi. The van der Waals surface area contributed by atoms with Crippen molar-refractivity contribution >= 4 is 21.3 Å². The lowest BCUT2D eigenvalue weighted by molar-refractivity contribution is -0.0288. The lowest BCUT2D eigenvalue weighted by Crippen LogP contribution is -2.37. The van der Waals surface area contributed by atoms with E-state index in [1.165, 1.54) is 6.07 Å². The van der Waals surface area contributed by atoms with Crippen molar-refractivity contribution in [3.05, 3.63) is 27.4 Å². The van der Waals surface area contributed by atoms with E-state index in [1.54, 1.807) is 10.8 Å². The number of H-pyrrole nitrogens is 1. The van der Waals surface area contributed by atoms with Crippen molar-refractivity contribution in [3.8, 4) is 0 Å². The summed E-state index contributed by atoms with van der Waals surface area (Å²) in [4.78, 5) is 13.6. The number of aromatic nitrogens is 2. The highest BCUT2D eigenvalue weighted by Gasteiger charge is 2.26. The minimum Gasteiger partial charge on any atom is -0.415 e. The Bertz CT molecular complexity index is 533. The lowest BCUT2D eigenvalue weighted by Gasteiger charge is -2.32. The highest BCUT2D eigenvalue weighted by atomic mass is 32.1. The molecule has 1 aromatic heterocycles. The van der Waals surface area contributed by atoms with E-state index in [1.807, 2.05) is 0 Å². The van der Waals surface area contributed by atoms with Crippen LogP contribution in [0.15, 0.2) is 17.1 Å². The largest absolute Gasteiger partial charge is 0.415 e. The Hall–Kier alpha value is -0.763. The van der Waals surface area contributed by atoms with Crippen LogP contribution in [0.4, 0.5) is 0 Å². The molecule has 5 nitrogen and oxygen atoms in total. The van der Waals surface area contributed by atoms with E-state index in [9.17, 15) is 4.79 Å². The molecule has 1 rings (SSSR count). The van der Waals surface area contributed by atoms with Gasteiger partial charge in [0.05, 0.1) is 12.7 Å². The summed E-state index contributed by atoms with van der Waals surface area (Å²) in [6.07, 6.45) is 1.69. The fourth-order valence-electron chi connectivity index (χ4n) is 1.63. The van der Waals surface area contributed by atoms with E-state index in [2.05, 4.69) is 38.8 Å². The molecule has 0 spiro atoms. The molecule has 0 aliphatic rings. The van der Waals surface area contributed by atoms with Crippen LogP contribution in [0.25, 0.3) is 0 Å². The van der Waals surface area contributed by atoms with Gasteiger partial charge < -0.3 is 13.7 Å². The standard InChI is InChI=1S/C13H24N2O3SSi/c1-13(2,3)10(18-20(4)5)8-17-9-15-7-6-11(16)14-12(15)19/h6-7,10,20H,8-9H2,1-5H3,(H,14,16,19). The Morgan fingerprint density at radius 1 is 1.45 bits per heavy atom. The molecule has 1 atom stereocenters. The van der Waals surface area contributed by atoms with Crippen molar-refractivity contribution in [1.29, 1.82) is 0 Å². The normalized spacial score (nSPS) is 13.7. The number of rotatable bonds is 6. The second-order valence-electron chi connectivity index (χ2n) is 6.12. The number of hydrogen-bond acceptors (Lipinski definition) is 4. The summed E-state index contributed by atoms with van der Waals surface area (Å²) >= 11 is 5.06. The minimum absolute atomic E-state index is 0.0315. The van der Waals surface area contributed by atoms with Crippen LogP contribution in [-0.2, 0) is 15.9 Å². The zero-order valence-corrected chi connectivity index (χ0v) is 14.8. The summed E-state index contributed by atoms with van der Waals surface area (Å²) in [5.41, 5.74) is -0.169. The summed E-state index contributed by atoms with van der Waals surface area (Å²) in [6.45, 7) is 11.5. The topological polar surface area (TPSA) is 56.2 Å².